The number of halogens is 2. The second-order valence-electron chi connectivity index (χ2n) is 3.06. The number of nitrogens with zero attached hydrogens (tertiary/aromatic N) is 2. The molecule has 2 N–H and O–H groups in total. The van der Waals surface area contributed by atoms with Crippen LogP contribution in [-0.2, 0) is 0 Å². The molecule has 1 aromatic rings. The van der Waals surface area contributed by atoms with Crippen molar-refractivity contribution < 1.29 is 0 Å². The normalized spacial score (nSPS) is 20.2. The minimum absolute atomic E-state index is 0. The molecule has 78 valence electrons. The molecule has 4 nitrogen and oxygen atoms in total. The van der Waals surface area contributed by atoms with Crippen LogP contribution in [0.1, 0.15) is 6.42 Å². The summed E-state index contributed by atoms with van der Waals surface area (Å²) in [7, 11) is 0. The maximum absolute atomic E-state index is 5.66. The average molecular weight is 235 g/mol. The van der Waals surface area contributed by atoms with Crippen LogP contribution in [0.15, 0.2) is 12.4 Å². The molecule has 2 rings (SSSR count). The van der Waals surface area contributed by atoms with Gasteiger partial charge in [-0.05, 0) is 13.0 Å². The van der Waals surface area contributed by atoms with Crippen molar-refractivity contribution in [3.05, 3.63) is 17.4 Å². The second kappa shape index (κ2) is 5.34. The summed E-state index contributed by atoms with van der Waals surface area (Å²) in [5.74, 6) is 0.651. The molecule has 0 saturated carbocycles. The molecule has 2 heterocycles. The van der Waals surface area contributed by atoms with Gasteiger partial charge >= 0.3 is 0 Å². The molecule has 0 bridgehead atoms. The highest BCUT2D eigenvalue weighted by Crippen LogP contribution is 2.08. The van der Waals surface area contributed by atoms with E-state index in [-0.39, 0.29) is 12.4 Å². The van der Waals surface area contributed by atoms with Gasteiger partial charge in [0.25, 0.3) is 0 Å². The van der Waals surface area contributed by atoms with Crippen molar-refractivity contribution in [3.63, 3.8) is 0 Å². The number of rotatable bonds is 2. The van der Waals surface area contributed by atoms with Crippen LogP contribution in [0.25, 0.3) is 0 Å². The third-order valence-corrected chi connectivity index (χ3v) is 2.21. The van der Waals surface area contributed by atoms with Crippen molar-refractivity contribution in [2.45, 2.75) is 12.5 Å². The Morgan fingerprint density at radius 1 is 1.43 bits per heavy atom. The Morgan fingerprint density at radius 2 is 2.14 bits per heavy atom. The number of hydrogen-bond acceptors (Lipinski definition) is 4. The summed E-state index contributed by atoms with van der Waals surface area (Å²) in [5.41, 5.74) is 0. The molecular weight excluding hydrogens is 223 g/mol. The molecule has 1 atom stereocenters. The third kappa shape index (κ3) is 2.97. The molecule has 1 fully saturated rings. The van der Waals surface area contributed by atoms with Crippen LogP contribution in [0.5, 0.6) is 0 Å². The zero-order valence-corrected chi connectivity index (χ0v) is 9.11. The van der Waals surface area contributed by atoms with E-state index in [1.54, 1.807) is 12.4 Å². The van der Waals surface area contributed by atoms with E-state index in [4.69, 9.17) is 11.6 Å². The number of aromatic nitrogens is 2. The van der Waals surface area contributed by atoms with Crippen LogP contribution in [0.4, 0.5) is 5.95 Å². The van der Waals surface area contributed by atoms with Crippen molar-refractivity contribution >= 4 is 30.0 Å². The van der Waals surface area contributed by atoms with Crippen molar-refractivity contribution in [2.24, 2.45) is 0 Å². The Balaban J connectivity index is 0.000000980. The van der Waals surface area contributed by atoms with Gasteiger partial charge in [-0.25, -0.2) is 9.97 Å². The van der Waals surface area contributed by atoms with Crippen molar-refractivity contribution in [3.8, 4) is 0 Å². The SMILES string of the molecule is Cl.Clc1cnc(NC2CCNC2)nc1. The van der Waals surface area contributed by atoms with Crippen LogP contribution < -0.4 is 10.6 Å². The quantitative estimate of drug-likeness (QED) is 0.811. The van der Waals surface area contributed by atoms with E-state index in [1.165, 1.54) is 0 Å². The van der Waals surface area contributed by atoms with Crippen LogP contribution in [-0.4, -0.2) is 29.1 Å². The molecule has 0 aliphatic carbocycles. The van der Waals surface area contributed by atoms with Gasteiger partial charge in [-0.3, -0.25) is 0 Å². The number of anilines is 1. The van der Waals surface area contributed by atoms with E-state index in [0.29, 0.717) is 17.0 Å². The lowest BCUT2D eigenvalue weighted by Gasteiger charge is -2.09. The maximum Gasteiger partial charge on any atom is 0.222 e. The Bertz CT molecular complexity index is 271. The summed E-state index contributed by atoms with van der Waals surface area (Å²) < 4.78 is 0. The molecule has 0 spiro atoms. The molecule has 0 amide bonds. The highest BCUT2D eigenvalue weighted by Gasteiger charge is 2.14. The predicted molar refractivity (Wildman–Crippen MR) is 59.2 cm³/mol. The van der Waals surface area contributed by atoms with Gasteiger partial charge in [-0.2, -0.15) is 0 Å². The molecule has 1 aromatic heterocycles. The van der Waals surface area contributed by atoms with E-state index in [2.05, 4.69) is 20.6 Å². The van der Waals surface area contributed by atoms with Crippen molar-refractivity contribution in [1.29, 1.82) is 0 Å². The lowest BCUT2D eigenvalue weighted by molar-refractivity contribution is 0.780. The molecule has 1 aliphatic rings. The first-order chi connectivity index (χ1) is 6.34. The first kappa shape index (κ1) is 11.5. The third-order valence-electron chi connectivity index (χ3n) is 2.01. The van der Waals surface area contributed by atoms with Crippen LogP contribution in [0.3, 0.4) is 0 Å². The fourth-order valence-corrected chi connectivity index (χ4v) is 1.44. The summed E-state index contributed by atoms with van der Waals surface area (Å²) >= 11 is 5.66. The molecule has 1 unspecified atom stereocenters. The predicted octanol–water partition coefficient (Wildman–Crippen LogP) is 1.33. The summed E-state index contributed by atoms with van der Waals surface area (Å²) in [4.78, 5) is 8.12. The Kier molecular flexibility index (Phi) is 4.38. The molecule has 14 heavy (non-hydrogen) atoms. The molecule has 0 aromatic carbocycles. The van der Waals surface area contributed by atoms with E-state index in [1.807, 2.05) is 0 Å². The van der Waals surface area contributed by atoms with Gasteiger partial charge in [0.2, 0.25) is 5.95 Å². The summed E-state index contributed by atoms with van der Waals surface area (Å²) in [6.45, 7) is 2.04. The van der Waals surface area contributed by atoms with Crippen LogP contribution in [0, 0.1) is 0 Å². The van der Waals surface area contributed by atoms with Gasteiger partial charge < -0.3 is 10.6 Å². The minimum atomic E-state index is 0. The highest BCUT2D eigenvalue weighted by atomic mass is 35.5. The largest absolute Gasteiger partial charge is 0.350 e. The van der Waals surface area contributed by atoms with Crippen molar-refractivity contribution in [1.82, 2.24) is 15.3 Å². The van der Waals surface area contributed by atoms with Gasteiger partial charge in [0, 0.05) is 12.6 Å². The monoisotopic (exact) mass is 234 g/mol. The Labute approximate surface area is 93.9 Å². The lowest BCUT2D eigenvalue weighted by atomic mass is 10.3. The number of hydrogen-bond donors (Lipinski definition) is 2. The van der Waals surface area contributed by atoms with Gasteiger partial charge in [-0.15, -0.1) is 12.4 Å². The van der Waals surface area contributed by atoms with Gasteiger partial charge in [-0.1, -0.05) is 11.6 Å². The molecule has 1 aliphatic heterocycles. The number of nitrogens with one attached hydrogen (secondary N) is 2. The van der Waals surface area contributed by atoms with Crippen LogP contribution >= 0.6 is 24.0 Å². The Morgan fingerprint density at radius 3 is 2.71 bits per heavy atom. The smallest absolute Gasteiger partial charge is 0.222 e. The summed E-state index contributed by atoms with van der Waals surface area (Å²) in [5, 5.41) is 7.05. The van der Waals surface area contributed by atoms with Gasteiger partial charge in [0.1, 0.15) is 0 Å². The second-order valence-corrected chi connectivity index (χ2v) is 3.50. The zero-order chi connectivity index (χ0) is 9.10. The van der Waals surface area contributed by atoms with E-state index in [9.17, 15) is 0 Å². The molecular formula is C8H12Cl2N4. The summed E-state index contributed by atoms with van der Waals surface area (Å²) in [6.07, 6.45) is 4.31. The highest BCUT2D eigenvalue weighted by molar-refractivity contribution is 6.30. The molecule has 1 saturated heterocycles. The Hall–Kier alpha value is -0.580. The first-order valence-electron chi connectivity index (χ1n) is 4.29. The molecule has 0 radical (unpaired) electrons. The van der Waals surface area contributed by atoms with E-state index in [0.717, 1.165) is 19.5 Å². The fourth-order valence-electron chi connectivity index (χ4n) is 1.35. The first-order valence-corrected chi connectivity index (χ1v) is 4.67. The van der Waals surface area contributed by atoms with Gasteiger partial charge in [0.05, 0.1) is 17.4 Å². The fraction of sp³-hybridized carbons (Fsp3) is 0.500. The zero-order valence-electron chi connectivity index (χ0n) is 7.53. The summed E-state index contributed by atoms with van der Waals surface area (Å²) in [6, 6.07) is 0.446. The van der Waals surface area contributed by atoms with Gasteiger partial charge in [0.15, 0.2) is 0 Å². The lowest BCUT2D eigenvalue weighted by Crippen LogP contribution is -2.23. The average Bonchev–Trinajstić information content (AvgIpc) is 2.62. The maximum atomic E-state index is 5.66. The molecule has 6 heteroatoms. The van der Waals surface area contributed by atoms with Crippen LogP contribution in [0.2, 0.25) is 5.02 Å². The minimum Gasteiger partial charge on any atom is -0.350 e. The van der Waals surface area contributed by atoms with E-state index < -0.39 is 0 Å². The topological polar surface area (TPSA) is 49.8 Å². The van der Waals surface area contributed by atoms with E-state index >= 15 is 0 Å². The van der Waals surface area contributed by atoms with Crippen molar-refractivity contribution in [2.75, 3.05) is 18.4 Å². The standard InChI is InChI=1S/C8H11ClN4.ClH/c9-6-3-11-8(12-4-6)13-7-1-2-10-5-7;/h3-4,7,10H,1-2,5H2,(H,11,12,13);1H.